The normalized spacial score (nSPS) is 15.5. The lowest BCUT2D eigenvalue weighted by Gasteiger charge is -2.35. The van der Waals surface area contributed by atoms with Crippen molar-refractivity contribution in [2.24, 2.45) is 0 Å². The van der Waals surface area contributed by atoms with Crippen LogP contribution in [0.25, 0.3) is 0 Å². The second kappa shape index (κ2) is 9.16. The molecule has 0 saturated carbocycles. The Kier molecular flexibility index (Phi) is 6.88. The molecule has 0 aliphatic carbocycles. The molecule has 1 fully saturated rings. The molecule has 7 nitrogen and oxygen atoms in total. The van der Waals surface area contributed by atoms with E-state index in [1.165, 1.54) is 4.88 Å². The molecule has 2 aromatic rings. The number of aryl methyl sites for hydroxylation is 2. The highest BCUT2D eigenvalue weighted by Gasteiger charge is 2.23. The molecule has 0 radical (unpaired) electrons. The Morgan fingerprint density at radius 1 is 1.26 bits per heavy atom. The zero-order chi connectivity index (χ0) is 19.4. The number of nitrogens with one attached hydrogen (secondary N) is 1. The minimum atomic E-state index is 0.0968. The SMILES string of the molecule is Cc1nnc(N2CCN(CC(=O)NC(C)C)CC2)n1CCc1ccc(Br)s1. The minimum Gasteiger partial charge on any atom is -0.353 e. The molecule has 0 spiro atoms. The minimum absolute atomic E-state index is 0.0968. The van der Waals surface area contributed by atoms with Crippen molar-refractivity contribution >= 4 is 39.1 Å². The Morgan fingerprint density at radius 3 is 2.63 bits per heavy atom. The average Bonchev–Trinajstić information content (AvgIpc) is 3.18. The number of halogens is 1. The second-order valence-electron chi connectivity index (χ2n) is 7.14. The Balaban J connectivity index is 1.56. The summed E-state index contributed by atoms with van der Waals surface area (Å²) < 4.78 is 3.37. The van der Waals surface area contributed by atoms with Gasteiger partial charge in [0.25, 0.3) is 0 Å². The number of carbonyl (C=O) groups is 1. The van der Waals surface area contributed by atoms with Gasteiger partial charge in [0.05, 0.1) is 10.3 Å². The molecule has 3 rings (SSSR count). The largest absolute Gasteiger partial charge is 0.353 e. The van der Waals surface area contributed by atoms with Gasteiger partial charge in [0.1, 0.15) is 5.82 Å². The van der Waals surface area contributed by atoms with Crippen molar-refractivity contribution in [1.82, 2.24) is 25.0 Å². The standard InChI is InChI=1S/C18H27BrN6OS/c1-13(2)20-17(26)12-23-8-10-24(11-9-23)18-22-21-14(3)25(18)7-6-15-4-5-16(19)27-15/h4-5,13H,6-12H2,1-3H3,(H,20,26). The van der Waals surface area contributed by atoms with E-state index in [1.807, 2.05) is 20.8 Å². The van der Waals surface area contributed by atoms with Crippen molar-refractivity contribution in [3.63, 3.8) is 0 Å². The fraction of sp³-hybridized carbons (Fsp3) is 0.611. The van der Waals surface area contributed by atoms with Crippen molar-refractivity contribution in [1.29, 1.82) is 0 Å². The lowest BCUT2D eigenvalue weighted by molar-refractivity contribution is -0.122. The van der Waals surface area contributed by atoms with E-state index >= 15 is 0 Å². The highest BCUT2D eigenvalue weighted by Crippen LogP contribution is 2.24. The van der Waals surface area contributed by atoms with E-state index in [0.717, 1.165) is 54.7 Å². The zero-order valence-electron chi connectivity index (χ0n) is 16.1. The topological polar surface area (TPSA) is 66.3 Å². The van der Waals surface area contributed by atoms with E-state index in [2.05, 4.69) is 57.9 Å². The fourth-order valence-electron chi connectivity index (χ4n) is 3.25. The molecule has 0 atom stereocenters. The van der Waals surface area contributed by atoms with Crippen LogP contribution in [0.4, 0.5) is 5.95 Å². The number of aromatic nitrogens is 3. The number of hydrogen-bond acceptors (Lipinski definition) is 6. The first-order chi connectivity index (χ1) is 12.9. The van der Waals surface area contributed by atoms with Crippen LogP contribution in [0, 0.1) is 6.92 Å². The molecule has 3 heterocycles. The molecule has 0 bridgehead atoms. The summed E-state index contributed by atoms with van der Waals surface area (Å²) in [6.45, 7) is 10.7. The van der Waals surface area contributed by atoms with Gasteiger partial charge in [-0.1, -0.05) is 0 Å². The van der Waals surface area contributed by atoms with E-state index in [-0.39, 0.29) is 11.9 Å². The molecule has 2 aromatic heterocycles. The van der Waals surface area contributed by atoms with Crippen LogP contribution >= 0.6 is 27.3 Å². The first-order valence-electron chi connectivity index (χ1n) is 9.33. The lowest BCUT2D eigenvalue weighted by Crippen LogP contribution is -2.50. The summed E-state index contributed by atoms with van der Waals surface area (Å²) in [5, 5.41) is 11.7. The highest BCUT2D eigenvalue weighted by molar-refractivity contribution is 9.11. The van der Waals surface area contributed by atoms with Gasteiger partial charge in [-0.25, -0.2) is 0 Å². The van der Waals surface area contributed by atoms with Crippen molar-refractivity contribution < 1.29 is 4.79 Å². The Labute approximate surface area is 172 Å². The van der Waals surface area contributed by atoms with Crippen molar-refractivity contribution in [2.45, 2.75) is 39.8 Å². The quantitative estimate of drug-likeness (QED) is 0.694. The van der Waals surface area contributed by atoms with Gasteiger partial charge < -0.3 is 10.2 Å². The van der Waals surface area contributed by atoms with E-state index in [0.29, 0.717) is 6.54 Å². The monoisotopic (exact) mass is 454 g/mol. The molecule has 9 heteroatoms. The Bertz CT molecular complexity index is 766. The summed E-state index contributed by atoms with van der Waals surface area (Å²) >= 11 is 5.29. The van der Waals surface area contributed by atoms with Crippen LogP contribution in [-0.2, 0) is 17.8 Å². The van der Waals surface area contributed by atoms with Gasteiger partial charge in [-0.2, -0.15) is 0 Å². The molecule has 1 aliphatic heterocycles. The maximum Gasteiger partial charge on any atom is 0.234 e. The molecule has 1 aliphatic rings. The van der Waals surface area contributed by atoms with Crippen LogP contribution in [0.15, 0.2) is 15.9 Å². The van der Waals surface area contributed by atoms with Gasteiger partial charge in [0.2, 0.25) is 11.9 Å². The molecule has 1 amide bonds. The third-order valence-electron chi connectivity index (χ3n) is 4.60. The molecule has 0 aromatic carbocycles. The number of amides is 1. The number of piperazine rings is 1. The van der Waals surface area contributed by atoms with E-state index < -0.39 is 0 Å². The van der Waals surface area contributed by atoms with Crippen molar-refractivity contribution in [2.75, 3.05) is 37.6 Å². The van der Waals surface area contributed by atoms with Gasteiger partial charge in [-0.05, 0) is 55.3 Å². The summed E-state index contributed by atoms with van der Waals surface area (Å²) in [6.07, 6.45) is 0.970. The average molecular weight is 455 g/mol. The molecule has 1 N–H and O–H groups in total. The Hall–Kier alpha value is -1.45. The molecular formula is C18H27BrN6OS. The predicted molar refractivity (Wildman–Crippen MR) is 112 cm³/mol. The van der Waals surface area contributed by atoms with Crippen molar-refractivity contribution in [3.05, 3.63) is 26.6 Å². The summed E-state index contributed by atoms with van der Waals surface area (Å²) in [7, 11) is 0. The van der Waals surface area contributed by atoms with E-state index in [1.54, 1.807) is 11.3 Å². The van der Waals surface area contributed by atoms with Gasteiger partial charge in [0, 0.05) is 43.6 Å². The maximum atomic E-state index is 12.0. The van der Waals surface area contributed by atoms with Crippen LogP contribution < -0.4 is 10.2 Å². The van der Waals surface area contributed by atoms with Crippen LogP contribution in [-0.4, -0.2) is 64.3 Å². The first-order valence-corrected chi connectivity index (χ1v) is 10.9. The predicted octanol–water partition coefficient (Wildman–Crippen LogP) is 2.30. The molecule has 1 saturated heterocycles. The summed E-state index contributed by atoms with van der Waals surface area (Å²) in [5.74, 6) is 1.98. The number of thiophene rings is 1. The first kappa shape index (κ1) is 20.3. The van der Waals surface area contributed by atoms with Crippen LogP contribution in [0.2, 0.25) is 0 Å². The third-order valence-corrected chi connectivity index (χ3v) is 6.28. The van der Waals surface area contributed by atoms with Gasteiger partial charge in [0.15, 0.2) is 0 Å². The smallest absolute Gasteiger partial charge is 0.234 e. The molecular weight excluding hydrogens is 428 g/mol. The zero-order valence-corrected chi connectivity index (χ0v) is 18.5. The lowest BCUT2D eigenvalue weighted by atomic mass is 10.3. The van der Waals surface area contributed by atoms with Gasteiger partial charge >= 0.3 is 0 Å². The van der Waals surface area contributed by atoms with Crippen LogP contribution in [0.1, 0.15) is 24.5 Å². The summed E-state index contributed by atoms with van der Waals surface area (Å²) in [6, 6.07) is 4.44. The Morgan fingerprint density at radius 2 is 2.00 bits per heavy atom. The maximum absolute atomic E-state index is 12.0. The summed E-state index contributed by atoms with van der Waals surface area (Å²) in [5.41, 5.74) is 0. The van der Waals surface area contributed by atoms with Gasteiger partial charge in [-0.3, -0.25) is 14.3 Å². The molecule has 0 unspecified atom stereocenters. The highest BCUT2D eigenvalue weighted by atomic mass is 79.9. The number of hydrogen-bond donors (Lipinski definition) is 1. The number of rotatable bonds is 7. The van der Waals surface area contributed by atoms with Crippen LogP contribution in [0.3, 0.4) is 0 Å². The molecule has 27 heavy (non-hydrogen) atoms. The fourth-order valence-corrected chi connectivity index (χ4v) is 4.72. The van der Waals surface area contributed by atoms with E-state index in [4.69, 9.17) is 0 Å². The third kappa shape index (κ3) is 5.52. The summed E-state index contributed by atoms with van der Waals surface area (Å²) in [4.78, 5) is 17.8. The number of anilines is 1. The number of carbonyl (C=O) groups excluding carboxylic acids is 1. The van der Waals surface area contributed by atoms with Gasteiger partial charge in [-0.15, -0.1) is 21.5 Å². The molecule has 148 valence electrons. The number of nitrogens with zero attached hydrogens (tertiary/aromatic N) is 5. The van der Waals surface area contributed by atoms with Crippen LogP contribution in [0.5, 0.6) is 0 Å². The van der Waals surface area contributed by atoms with Crippen molar-refractivity contribution in [3.8, 4) is 0 Å². The second-order valence-corrected chi connectivity index (χ2v) is 9.69. The van der Waals surface area contributed by atoms with E-state index in [9.17, 15) is 4.79 Å².